The van der Waals surface area contributed by atoms with Crippen molar-refractivity contribution in [2.75, 3.05) is 37.7 Å². The van der Waals surface area contributed by atoms with Crippen molar-refractivity contribution in [1.82, 2.24) is 9.88 Å². The van der Waals surface area contributed by atoms with Crippen LogP contribution in [0.3, 0.4) is 0 Å². The number of nitrogens with zero attached hydrogens (tertiary/aromatic N) is 3. The quantitative estimate of drug-likeness (QED) is 0.830. The molecule has 0 N–H and O–H groups in total. The molecule has 122 valence electrons. The Labute approximate surface area is 144 Å². The molecule has 1 amide bonds. The highest BCUT2D eigenvalue weighted by Crippen LogP contribution is 2.16. The minimum atomic E-state index is 0.0453. The van der Waals surface area contributed by atoms with Crippen molar-refractivity contribution in [3.05, 3.63) is 45.7 Å². The minimum absolute atomic E-state index is 0.0453. The fourth-order valence-corrected chi connectivity index (χ4v) is 3.23. The SMILES string of the molecule is O=C(COCc1ccsc1)N1CCN(c2ccc(Cl)cn2)CC1. The van der Waals surface area contributed by atoms with E-state index >= 15 is 0 Å². The average molecular weight is 352 g/mol. The fourth-order valence-electron chi connectivity index (χ4n) is 2.46. The van der Waals surface area contributed by atoms with Gasteiger partial charge in [-0.05, 0) is 34.5 Å². The van der Waals surface area contributed by atoms with Gasteiger partial charge in [-0.25, -0.2) is 4.98 Å². The lowest BCUT2D eigenvalue weighted by Crippen LogP contribution is -2.50. The van der Waals surface area contributed by atoms with Crippen molar-refractivity contribution in [2.24, 2.45) is 0 Å². The van der Waals surface area contributed by atoms with Gasteiger partial charge in [0.15, 0.2) is 0 Å². The van der Waals surface area contributed by atoms with Gasteiger partial charge in [-0.15, -0.1) is 0 Å². The van der Waals surface area contributed by atoms with Crippen molar-refractivity contribution in [3.8, 4) is 0 Å². The van der Waals surface area contributed by atoms with E-state index in [1.807, 2.05) is 33.9 Å². The molecule has 0 radical (unpaired) electrons. The molecule has 2 aromatic rings. The van der Waals surface area contributed by atoms with Crippen LogP contribution in [0.4, 0.5) is 5.82 Å². The molecular formula is C16H18ClN3O2S. The van der Waals surface area contributed by atoms with Gasteiger partial charge < -0.3 is 14.5 Å². The van der Waals surface area contributed by atoms with E-state index in [4.69, 9.17) is 16.3 Å². The standard InChI is InChI=1S/C16H18ClN3O2S/c17-14-1-2-15(18-9-14)19-4-6-20(7-5-19)16(21)11-22-10-13-3-8-23-12-13/h1-3,8-9,12H,4-7,10-11H2. The monoisotopic (exact) mass is 351 g/mol. The third-order valence-electron chi connectivity index (χ3n) is 3.74. The van der Waals surface area contributed by atoms with Gasteiger partial charge in [0.05, 0.1) is 11.6 Å². The summed E-state index contributed by atoms with van der Waals surface area (Å²) in [5, 5.41) is 4.66. The molecule has 1 aliphatic heterocycles. The van der Waals surface area contributed by atoms with Gasteiger partial charge in [-0.1, -0.05) is 11.6 Å². The van der Waals surface area contributed by atoms with Crippen LogP contribution in [0.1, 0.15) is 5.56 Å². The Hall–Kier alpha value is -1.63. The molecule has 0 atom stereocenters. The lowest BCUT2D eigenvalue weighted by atomic mass is 10.3. The molecule has 7 heteroatoms. The maximum atomic E-state index is 12.2. The predicted molar refractivity (Wildman–Crippen MR) is 92.0 cm³/mol. The second kappa shape index (κ2) is 7.77. The molecule has 0 unspecified atom stereocenters. The highest BCUT2D eigenvalue weighted by Gasteiger charge is 2.21. The van der Waals surface area contributed by atoms with Gasteiger partial charge >= 0.3 is 0 Å². The Balaban J connectivity index is 1.43. The van der Waals surface area contributed by atoms with Crippen LogP contribution in [-0.2, 0) is 16.1 Å². The van der Waals surface area contributed by atoms with Gasteiger partial charge in [0.25, 0.3) is 0 Å². The van der Waals surface area contributed by atoms with E-state index in [1.54, 1.807) is 17.5 Å². The van der Waals surface area contributed by atoms with Gasteiger partial charge in [0.2, 0.25) is 5.91 Å². The Morgan fingerprint density at radius 1 is 1.26 bits per heavy atom. The molecule has 1 saturated heterocycles. The molecule has 2 aromatic heterocycles. The van der Waals surface area contributed by atoms with Gasteiger partial charge in [0.1, 0.15) is 12.4 Å². The van der Waals surface area contributed by atoms with Crippen molar-refractivity contribution < 1.29 is 9.53 Å². The number of piperazine rings is 1. The van der Waals surface area contributed by atoms with E-state index in [-0.39, 0.29) is 12.5 Å². The predicted octanol–water partition coefficient (Wildman–Crippen LogP) is 2.66. The number of hydrogen-bond acceptors (Lipinski definition) is 5. The van der Waals surface area contributed by atoms with Crippen LogP contribution < -0.4 is 4.90 Å². The maximum Gasteiger partial charge on any atom is 0.248 e. The third kappa shape index (κ3) is 4.43. The lowest BCUT2D eigenvalue weighted by molar-refractivity contribution is -0.136. The van der Waals surface area contributed by atoms with Gasteiger partial charge in [-0.3, -0.25) is 4.79 Å². The van der Waals surface area contributed by atoms with E-state index < -0.39 is 0 Å². The summed E-state index contributed by atoms with van der Waals surface area (Å²) in [7, 11) is 0. The molecule has 3 heterocycles. The zero-order valence-corrected chi connectivity index (χ0v) is 14.2. The summed E-state index contributed by atoms with van der Waals surface area (Å²) in [5.74, 6) is 0.944. The van der Waals surface area contributed by atoms with E-state index in [1.165, 1.54) is 0 Å². The normalized spacial score (nSPS) is 15.0. The van der Waals surface area contributed by atoms with Crippen molar-refractivity contribution in [1.29, 1.82) is 0 Å². The molecule has 0 saturated carbocycles. The molecule has 23 heavy (non-hydrogen) atoms. The van der Waals surface area contributed by atoms with Crippen molar-refractivity contribution >= 4 is 34.7 Å². The Kier molecular flexibility index (Phi) is 5.48. The largest absolute Gasteiger partial charge is 0.367 e. The first-order chi connectivity index (χ1) is 11.2. The second-order valence-corrected chi connectivity index (χ2v) is 6.54. The highest BCUT2D eigenvalue weighted by atomic mass is 35.5. The van der Waals surface area contributed by atoms with Crippen molar-refractivity contribution in [2.45, 2.75) is 6.61 Å². The number of ether oxygens (including phenoxy) is 1. The smallest absolute Gasteiger partial charge is 0.248 e. The molecule has 0 aliphatic carbocycles. The number of amides is 1. The summed E-state index contributed by atoms with van der Waals surface area (Å²) in [4.78, 5) is 20.5. The minimum Gasteiger partial charge on any atom is -0.367 e. The zero-order valence-electron chi connectivity index (χ0n) is 12.7. The van der Waals surface area contributed by atoms with Crippen molar-refractivity contribution in [3.63, 3.8) is 0 Å². The summed E-state index contributed by atoms with van der Waals surface area (Å²) in [6, 6.07) is 5.75. The number of carbonyl (C=O) groups is 1. The summed E-state index contributed by atoms with van der Waals surface area (Å²) in [5.41, 5.74) is 1.11. The Bertz CT molecular complexity index is 625. The van der Waals surface area contributed by atoms with Crippen LogP contribution >= 0.6 is 22.9 Å². The third-order valence-corrected chi connectivity index (χ3v) is 4.70. The molecular weight excluding hydrogens is 334 g/mol. The molecule has 0 bridgehead atoms. The molecule has 1 fully saturated rings. The van der Waals surface area contributed by atoms with Crippen LogP contribution in [0.25, 0.3) is 0 Å². The number of aromatic nitrogens is 1. The summed E-state index contributed by atoms with van der Waals surface area (Å²) in [6.45, 7) is 3.53. The van der Waals surface area contributed by atoms with E-state index in [9.17, 15) is 4.79 Å². The summed E-state index contributed by atoms with van der Waals surface area (Å²) < 4.78 is 5.49. The average Bonchev–Trinajstić information content (AvgIpc) is 3.09. The summed E-state index contributed by atoms with van der Waals surface area (Å²) in [6.07, 6.45) is 1.65. The van der Waals surface area contributed by atoms with Crippen LogP contribution in [0, 0.1) is 0 Å². The van der Waals surface area contributed by atoms with E-state index in [0.717, 1.165) is 24.5 Å². The molecule has 1 aliphatic rings. The van der Waals surface area contributed by atoms with E-state index in [2.05, 4.69) is 9.88 Å². The zero-order chi connectivity index (χ0) is 16.1. The lowest BCUT2D eigenvalue weighted by Gasteiger charge is -2.35. The topological polar surface area (TPSA) is 45.7 Å². The number of halogens is 1. The first kappa shape index (κ1) is 16.2. The molecule has 3 rings (SSSR count). The maximum absolute atomic E-state index is 12.2. The number of rotatable bonds is 5. The van der Waals surface area contributed by atoms with Gasteiger partial charge in [-0.2, -0.15) is 11.3 Å². The Morgan fingerprint density at radius 2 is 2.09 bits per heavy atom. The Morgan fingerprint density at radius 3 is 2.74 bits per heavy atom. The first-order valence-electron chi connectivity index (χ1n) is 7.45. The highest BCUT2D eigenvalue weighted by molar-refractivity contribution is 7.07. The van der Waals surface area contributed by atoms with Gasteiger partial charge in [0, 0.05) is 32.4 Å². The first-order valence-corrected chi connectivity index (χ1v) is 8.77. The number of carbonyl (C=O) groups excluding carboxylic acids is 1. The van der Waals surface area contributed by atoms with Crippen LogP contribution in [0.2, 0.25) is 5.02 Å². The molecule has 5 nitrogen and oxygen atoms in total. The number of anilines is 1. The number of thiophene rings is 1. The number of hydrogen-bond donors (Lipinski definition) is 0. The second-order valence-electron chi connectivity index (χ2n) is 5.33. The molecule has 0 aromatic carbocycles. The fraction of sp³-hybridized carbons (Fsp3) is 0.375. The van der Waals surface area contributed by atoms with E-state index in [0.29, 0.717) is 24.7 Å². The van der Waals surface area contributed by atoms with Crippen LogP contribution in [0.5, 0.6) is 0 Å². The van der Waals surface area contributed by atoms with Crippen LogP contribution in [0.15, 0.2) is 35.2 Å². The summed E-state index contributed by atoms with van der Waals surface area (Å²) >= 11 is 7.48. The number of pyridine rings is 1. The molecule has 0 spiro atoms. The van der Waals surface area contributed by atoms with Crippen LogP contribution in [-0.4, -0.2) is 48.6 Å².